The predicted molar refractivity (Wildman–Crippen MR) is 150 cm³/mol. The van der Waals surface area contributed by atoms with Crippen molar-refractivity contribution in [2.45, 2.75) is 78.8 Å². The maximum Gasteiger partial charge on any atom is 0.346 e. The van der Waals surface area contributed by atoms with Crippen molar-refractivity contribution in [2.24, 2.45) is 0 Å². The molecule has 8 heteroatoms. The summed E-state index contributed by atoms with van der Waals surface area (Å²) in [6, 6.07) is 19.7. The number of carbonyl (C=O) groups excluding carboxylic acids is 2. The average molecular weight is 531 g/mol. The highest BCUT2D eigenvalue weighted by molar-refractivity contribution is 6.15. The topological polar surface area (TPSA) is 141 Å². The molecule has 0 fully saturated rings. The first-order valence-corrected chi connectivity index (χ1v) is 12.4. The fourth-order valence-corrected chi connectivity index (χ4v) is 3.32. The predicted octanol–water partition coefficient (Wildman–Crippen LogP) is 6.50. The van der Waals surface area contributed by atoms with Gasteiger partial charge < -0.3 is 31.2 Å². The molecule has 2 aromatic rings. The molecule has 0 unspecified atom stereocenters. The third kappa shape index (κ3) is 14.0. The molecule has 0 aliphatic carbocycles. The molecule has 0 amide bonds. The van der Waals surface area contributed by atoms with E-state index in [4.69, 9.17) is 18.9 Å². The fourth-order valence-electron chi connectivity index (χ4n) is 3.32. The number of hydrogen-bond acceptors (Lipinski definition) is 8. The van der Waals surface area contributed by atoms with Crippen LogP contribution >= 0.6 is 0 Å². The molecule has 2 rings (SSSR count). The first kappa shape index (κ1) is 35.0. The molecule has 0 heterocycles. The van der Waals surface area contributed by atoms with E-state index in [1.54, 1.807) is 41.5 Å². The van der Waals surface area contributed by atoms with E-state index in [1.165, 1.54) is 0 Å². The van der Waals surface area contributed by atoms with Gasteiger partial charge in [0.25, 0.3) is 0 Å². The van der Waals surface area contributed by atoms with Gasteiger partial charge in [-0.05, 0) is 71.1 Å². The Kier molecular flexibility index (Phi) is 15.4. The largest absolute Gasteiger partial charge is 0.456 e. The van der Waals surface area contributed by atoms with Crippen LogP contribution in [0.5, 0.6) is 0 Å². The van der Waals surface area contributed by atoms with Gasteiger partial charge in [0, 0.05) is 0 Å². The second kappa shape index (κ2) is 16.7. The summed E-state index contributed by atoms with van der Waals surface area (Å²) in [5.41, 5.74) is 1.10. The third-order valence-corrected chi connectivity index (χ3v) is 4.88. The summed E-state index contributed by atoms with van der Waals surface area (Å²) in [5.74, 6) is -1.39. The molecule has 0 aromatic heterocycles. The van der Waals surface area contributed by atoms with Crippen molar-refractivity contribution in [1.82, 2.24) is 12.3 Å². The van der Waals surface area contributed by atoms with Crippen LogP contribution in [-0.4, -0.2) is 36.4 Å². The molecule has 0 bridgehead atoms. The van der Waals surface area contributed by atoms with E-state index in [0.29, 0.717) is 44.8 Å². The van der Waals surface area contributed by atoms with E-state index in [-0.39, 0.29) is 17.9 Å². The summed E-state index contributed by atoms with van der Waals surface area (Å²) < 4.78 is 22.9. The Balaban J connectivity index is 0.00000684. The van der Waals surface area contributed by atoms with Gasteiger partial charge in [0.2, 0.25) is 0 Å². The minimum absolute atomic E-state index is 0. The highest BCUT2D eigenvalue weighted by Crippen LogP contribution is 2.23. The van der Waals surface area contributed by atoms with E-state index < -0.39 is 23.1 Å². The Morgan fingerprint density at radius 2 is 0.947 bits per heavy atom. The van der Waals surface area contributed by atoms with Crippen LogP contribution < -0.4 is 12.3 Å². The lowest BCUT2D eigenvalue weighted by molar-refractivity contribution is -0.158. The number of rotatable bonds is 12. The van der Waals surface area contributed by atoms with Crippen molar-refractivity contribution in [3.05, 3.63) is 82.9 Å². The van der Waals surface area contributed by atoms with Crippen LogP contribution in [0.2, 0.25) is 0 Å². The zero-order valence-electron chi connectivity index (χ0n) is 23.9. The summed E-state index contributed by atoms with van der Waals surface area (Å²) in [5, 5.41) is 0. The van der Waals surface area contributed by atoms with Gasteiger partial charge in [-0.15, -0.1) is 0 Å². The molecule has 2 aromatic carbocycles. The quantitative estimate of drug-likeness (QED) is 0.104. The number of hydrogen-bond donors (Lipinski definition) is 2. The van der Waals surface area contributed by atoms with Crippen LogP contribution in [0.4, 0.5) is 0 Å². The van der Waals surface area contributed by atoms with Gasteiger partial charge in [-0.25, -0.2) is 9.59 Å². The molecular formula is C30H46N2O6. The lowest BCUT2D eigenvalue weighted by Crippen LogP contribution is -2.32. The second-order valence-electron chi connectivity index (χ2n) is 10.6. The van der Waals surface area contributed by atoms with E-state index >= 15 is 0 Å². The molecule has 0 aliphatic rings. The SMILES string of the molecule is CC(C)(C)OC(=O)C(C(=O)OC(C)(C)C)=C(CCOCc1ccccc1)CCOCc1ccccc1.N.N. The lowest BCUT2D eigenvalue weighted by Gasteiger charge is -2.24. The van der Waals surface area contributed by atoms with Crippen LogP contribution in [0.15, 0.2) is 71.8 Å². The van der Waals surface area contributed by atoms with Crippen molar-refractivity contribution in [3.8, 4) is 0 Å². The molecule has 0 saturated heterocycles. The van der Waals surface area contributed by atoms with E-state index in [1.807, 2.05) is 60.7 Å². The maximum absolute atomic E-state index is 13.2. The Morgan fingerprint density at radius 3 is 1.26 bits per heavy atom. The molecule has 0 radical (unpaired) electrons. The van der Waals surface area contributed by atoms with Gasteiger partial charge in [0.1, 0.15) is 16.8 Å². The van der Waals surface area contributed by atoms with Crippen molar-refractivity contribution < 1.29 is 28.5 Å². The van der Waals surface area contributed by atoms with Gasteiger partial charge in [0.15, 0.2) is 0 Å². The van der Waals surface area contributed by atoms with Crippen molar-refractivity contribution in [2.75, 3.05) is 13.2 Å². The smallest absolute Gasteiger partial charge is 0.346 e. The first-order valence-electron chi connectivity index (χ1n) is 12.4. The molecular weight excluding hydrogens is 484 g/mol. The average Bonchev–Trinajstić information content (AvgIpc) is 2.78. The minimum Gasteiger partial charge on any atom is -0.456 e. The lowest BCUT2D eigenvalue weighted by atomic mass is 10.0. The number of ether oxygens (including phenoxy) is 4. The van der Waals surface area contributed by atoms with E-state index in [0.717, 1.165) is 11.1 Å². The Morgan fingerprint density at radius 1 is 0.605 bits per heavy atom. The fraction of sp³-hybridized carbons (Fsp3) is 0.467. The Bertz CT molecular complexity index is 913. The Hall–Kier alpha value is -3.04. The standard InChI is InChI=1S/C30H40O6.2H3N/c1-29(2,3)35-27(31)26(28(32)36-30(4,5)6)25(17-19-33-21-23-13-9-7-10-14-23)18-20-34-22-24-15-11-8-12-16-24;;/h7-16H,17-22H2,1-6H3;2*1H3. The second-order valence-corrected chi connectivity index (χ2v) is 10.6. The first-order chi connectivity index (χ1) is 16.9. The minimum atomic E-state index is -0.761. The van der Waals surface area contributed by atoms with Crippen LogP contribution in [0, 0.1) is 0 Å². The van der Waals surface area contributed by atoms with Crippen molar-refractivity contribution >= 4 is 11.9 Å². The zero-order valence-corrected chi connectivity index (χ0v) is 23.9. The van der Waals surface area contributed by atoms with E-state index in [9.17, 15) is 9.59 Å². The van der Waals surface area contributed by atoms with Gasteiger partial charge in [-0.1, -0.05) is 60.7 Å². The highest BCUT2D eigenvalue weighted by atomic mass is 16.6. The Labute approximate surface area is 227 Å². The van der Waals surface area contributed by atoms with Crippen molar-refractivity contribution in [3.63, 3.8) is 0 Å². The molecule has 6 N–H and O–H groups in total. The molecule has 0 aliphatic heterocycles. The molecule has 0 atom stereocenters. The molecule has 38 heavy (non-hydrogen) atoms. The third-order valence-electron chi connectivity index (χ3n) is 4.88. The van der Waals surface area contributed by atoms with Gasteiger partial charge in [-0.2, -0.15) is 0 Å². The maximum atomic E-state index is 13.2. The van der Waals surface area contributed by atoms with Gasteiger partial charge >= 0.3 is 11.9 Å². The zero-order chi connectivity index (χ0) is 26.6. The summed E-state index contributed by atoms with van der Waals surface area (Å²) in [7, 11) is 0. The summed E-state index contributed by atoms with van der Waals surface area (Å²) >= 11 is 0. The highest BCUT2D eigenvalue weighted by Gasteiger charge is 2.31. The van der Waals surface area contributed by atoms with Crippen LogP contribution in [0.3, 0.4) is 0 Å². The van der Waals surface area contributed by atoms with Crippen LogP contribution in [0.25, 0.3) is 0 Å². The normalized spacial score (nSPS) is 11.0. The summed E-state index contributed by atoms with van der Waals surface area (Å²) in [6.07, 6.45) is 0.741. The molecule has 8 nitrogen and oxygen atoms in total. The number of carbonyl (C=O) groups is 2. The van der Waals surface area contributed by atoms with Crippen molar-refractivity contribution in [1.29, 1.82) is 0 Å². The monoisotopic (exact) mass is 530 g/mol. The van der Waals surface area contributed by atoms with Gasteiger partial charge in [0.05, 0.1) is 26.4 Å². The number of esters is 2. The summed E-state index contributed by atoms with van der Waals surface area (Å²) in [6.45, 7) is 12.1. The van der Waals surface area contributed by atoms with Crippen LogP contribution in [-0.2, 0) is 41.8 Å². The molecule has 0 spiro atoms. The van der Waals surface area contributed by atoms with E-state index in [2.05, 4.69) is 0 Å². The summed E-state index contributed by atoms with van der Waals surface area (Å²) in [4.78, 5) is 26.3. The van der Waals surface area contributed by atoms with Crippen LogP contribution in [0.1, 0.15) is 65.5 Å². The molecule has 212 valence electrons. The molecule has 0 saturated carbocycles. The van der Waals surface area contributed by atoms with Gasteiger partial charge in [-0.3, -0.25) is 0 Å². The number of benzene rings is 2.